The molecule has 2 aliphatic rings. The topological polar surface area (TPSA) is 67.9 Å². The first-order chi connectivity index (χ1) is 10.1. The van der Waals surface area contributed by atoms with E-state index in [9.17, 15) is 9.59 Å². The molecule has 2 aliphatic heterocycles. The van der Waals surface area contributed by atoms with Crippen LogP contribution in [0.25, 0.3) is 0 Å². The van der Waals surface area contributed by atoms with E-state index in [4.69, 9.17) is 9.47 Å². The van der Waals surface area contributed by atoms with E-state index < -0.39 is 0 Å². The third-order valence-electron chi connectivity index (χ3n) is 3.82. The standard InChI is InChI=1S/C15H18N2O4/c1-17-12-7-10(4-5-13(12)21-9-14(17)18)15(19)16-8-11-3-2-6-20-11/h4-5,7,11H,2-3,6,8-9H2,1H3,(H,16,19)/t11-/m1/s1. The maximum atomic E-state index is 12.2. The van der Waals surface area contributed by atoms with Gasteiger partial charge in [0.05, 0.1) is 11.8 Å². The smallest absolute Gasteiger partial charge is 0.264 e. The Morgan fingerprint density at radius 1 is 1.48 bits per heavy atom. The van der Waals surface area contributed by atoms with Gasteiger partial charge < -0.3 is 19.7 Å². The lowest BCUT2D eigenvalue weighted by Crippen LogP contribution is -2.36. The molecule has 1 atom stereocenters. The van der Waals surface area contributed by atoms with Crippen LogP contribution in [0.4, 0.5) is 5.69 Å². The van der Waals surface area contributed by atoms with Crippen LogP contribution in [0.5, 0.6) is 5.75 Å². The Hall–Kier alpha value is -2.08. The fourth-order valence-corrected chi connectivity index (χ4v) is 2.53. The lowest BCUT2D eigenvalue weighted by Gasteiger charge is -2.26. The van der Waals surface area contributed by atoms with Gasteiger partial charge in [-0.15, -0.1) is 0 Å². The van der Waals surface area contributed by atoms with E-state index in [2.05, 4.69) is 5.32 Å². The number of fused-ring (bicyclic) bond motifs is 1. The molecule has 0 bridgehead atoms. The number of nitrogens with zero attached hydrogens (tertiary/aromatic N) is 1. The third-order valence-corrected chi connectivity index (χ3v) is 3.82. The molecule has 3 rings (SSSR count). The fraction of sp³-hybridized carbons (Fsp3) is 0.467. The summed E-state index contributed by atoms with van der Waals surface area (Å²) in [6.45, 7) is 1.32. The lowest BCUT2D eigenvalue weighted by molar-refractivity contribution is -0.120. The summed E-state index contributed by atoms with van der Waals surface area (Å²) in [4.78, 5) is 25.3. The number of carbonyl (C=O) groups excluding carboxylic acids is 2. The summed E-state index contributed by atoms with van der Waals surface area (Å²) in [6, 6.07) is 5.10. The van der Waals surface area contributed by atoms with Crippen molar-refractivity contribution in [2.75, 3.05) is 31.7 Å². The number of rotatable bonds is 3. The Labute approximate surface area is 123 Å². The fourth-order valence-electron chi connectivity index (χ4n) is 2.53. The second kappa shape index (κ2) is 5.73. The number of carbonyl (C=O) groups is 2. The van der Waals surface area contributed by atoms with Crippen molar-refractivity contribution in [2.45, 2.75) is 18.9 Å². The highest BCUT2D eigenvalue weighted by Crippen LogP contribution is 2.31. The van der Waals surface area contributed by atoms with Gasteiger partial charge in [-0.3, -0.25) is 9.59 Å². The summed E-state index contributed by atoms with van der Waals surface area (Å²) >= 11 is 0. The number of ether oxygens (including phenoxy) is 2. The molecule has 0 saturated carbocycles. The van der Waals surface area contributed by atoms with E-state index in [1.165, 1.54) is 4.90 Å². The number of benzene rings is 1. The maximum absolute atomic E-state index is 12.2. The summed E-state index contributed by atoms with van der Waals surface area (Å²) in [5.74, 6) is 0.326. The van der Waals surface area contributed by atoms with Crippen molar-refractivity contribution in [1.82, 2.24) is 5.32 Å². The van der Waals surface area contributed by atoms with Gasteiger partial charge in [0.2, 0.25) is 0 Å². The van der Waals surface area contributed by atoms with Crippen molar-refractivity contribution in [3.05, 3.63) is 23.8 Å². The summed E-state index contributed by atoms with van der Waals surface area (Å²) in [6.07, 6.45) is 2.14. The van der Waals surface area contributed by atoms with E-state index in [-0.39, 0.29) is 24.5 Å². The van der Waals surface area contributed by atoms with Crippen molar-refractivity contribution in [1.29, 1.82) is 0 Å². The molecular weight excluding hydrogens is 272 g/mol. The van der Waals surface area contributed by atoms with Crippen molar-refractivity contribution in [2.24, 2.45) is 0 Å². The quantitative estimate of drug-likeness (QED) is 0.900. The molecule has 1 aromatic carbocycles. The summed E-state index contributed by atoms with van der Waals surface area (Å²) in [5.41, 5.74) is 1.13. The molecule has 112 valence electrons. The predicted molar refractivity (Wildman–Crippen MR) is 76.7 cm³/mol. The van der Waals surface area contributed by atoms with Crippen molar-refractivity contribution in [3.8, 4) is 5.75 Å². The minimum atomic E-state index is -0.167. The van der Waals surface area contributed by atoms with Crippen molar-refractivity contribution >= 4 is 17.5 Å². The highest BCUT2D eigenvalue weighted by Gasteiger charge is 2.23. The van der Waals surface area contributed by atoms with Gasteiger partial charge in [0.1, 0.15) is 5.75 Å². The SMILES string of the molecule is CN1C(=O)COc2ccc(C(=O)NC[C@H]3CCCO3)cc21. The molecule has 0 radical (unpaired) electrons. The molecule has 0 unspecified atom stereocenters. The molecular formula is C15H18N2O4. The first-order valence-corrected chi connectivity index (χ1v) is 7.08. The van der Waals surface area contributed by atoms with Crippen molar-refractivity contribution in [3.63, 3.8) is 0 Å². The normalized spacial score (nSPS) is 20.9. The van der Waals surface area contributed by atoms with E-state index in [1.807, 2.05) is 0 Å². The highest BCUT2D eigenvalue weighted by atomic mass is 16.5. The molecule has 1 fully saturated rings. The van der Waals surface area contributed by atoms with Gasteiger partial charge in [-0.1, -0.05) is 0 Å². The lowest BCUT2D eigenvalue weighted by atomic mass is 10.1. The van der Waals surface area contributed by atoms with Crippen molar-refractivity contribution < 1.29 is 19.1 Å². The summed E-state index contributed by atoms with van der Waals surface area (Å²) < 4.78 is 10.8. The van der Waals surface area contributed by atoms with Crippen LogP contribution in [-0.2, 0) is 9.53 Å². The molecule has 6 nitrogen and oxygen atoms in total. The molecule has 2 heterocycles. The van der Waals surface area contributed by atoms with Gasteiger partial charge in [0.25, 0.3) is 11.8 Å². The maximum Gasteiger partial charge on any atom is 0.264 e. The minimum absolute atomic E-state index is 0.0358. The van der Waals surface area contributed by atoms with Crippen LogP contribution < -0.4 is 15.0 Å². The molecule has 1 aromatic rings. The number of hydrogen-bond acceptors (Lipinski definition) is 4. The number of likely N-dealkylation sites (N-methyl/N-ethyl adjacent to an activating group) is 1. The Kier molecular flexibility index (Phi) is 3.79. The van der Waals surface area contributed by atoms with Crippen LogP contribution in [0.15, 0.2) is 18.2 Å². The average molecular weight is 290 g/mol. The minimum Gasteiger partial charge on any atom is -0.482 e. The number of hydrogen-bond donors (Lipinski definition) is 1. The zero-order valence-electron chi connectivity index (χ0n) is 11.9. The second-order valence-electron chi connectivity index (χ2n) is 5.27. The van der Waals surface area contributed by atoms with E-state index in [1.54, 1.807) is 25.2 Å². The molecule has 0 aliphatic carbocycles. The van der Waals surface area contributed by atoms with Crippen LogP contribution in [0.2, 0.25) is 0 Å². The van der Waals surface area contributed by atoms with Gasteiger partial charge in [-0.2, -0.15) is 0 Å². The molecule has 1 saturated heterocycles. The van der Waals surface area contributed by atoms with E-state index in [0.717, 1.165) is 19.4 Å². The zero-order valence-corrected chi connectivity index (χ0v) is 11.9. The monoisotopic (exact) mass is 290 g/mol. The van der Waals surface area contributed by atoms with Crippen LogP contribution >= 0.6 is 0 Å². The first-order valence-electron chi connectivity index (χ1n) is 7.08. The number of anilines is 1. The van der Waals surface area contributed by atoms with Crippen LogP contribution in [0.1, 0.15) is 23.2 Å². The Bertz CT molecular complexity index is 567. The average Bonchev–Trinajstić information content (AvgIpc) is 3.02. The Morgan fingerprint density at radius 2 is 2.33 bits per heavy atom. The molecule has 6 heteroatoms. The molecule has 1 N–H and O–H groups in total. The molecule has 0 aromatic heterocycles. The Balaban J connectivity index is 1.70. The molecule has 2 amide bonds. The number of nitrogens with one attached hydrogen (secondary N) is 1. The van der Waals surface area contributed by atoms with E-state index >= 15 is 0 Å². The van der Waals surface area contributed by atoms with Gasteiger partial charge in [-0.25, -0.2) is 0 Å². The van der Waals surface area contributed by atoms with Gasteiger partial charge in [-0.05, 0) is 31.0 Å². The Morgan fingerprint density at radius 3 is 3.10 bits per heavy atom. The van der Waals surface area contributed by atoms with Gasteiger partial charge in [0.15, 0.2) is 6.61 Å². The zero-order chi connectivity index (χ0) is 14.8. The highest BCUT2D eigenvalue weighted by molar-refractivity contribution is 6.00. The van der Waals surface area contributed by atoms with Gasteiger partial charge in [0, 0.05) is 25.8 Å². The predicted octanol–water partition coefficient (Wildman–Crippen LogP) is 0.951. The van der Waals surface area contributed by atoms with E-state index in [0.29, 0.717) is 23.5 Å². The largest absolute Gasteiger partial charge is 0.482 e. The summed E-state index contributed by atoms with van der Waals surface area (Å²) in [7, 11) is 1.68. The van der Waals surface area contributed by atoms with Crippen LogP contribution in [0, 0.1) is 0 Å². The van der Waals surface area contributed by atoms with Crippen LogP contribution in [-0.4, -0.2) is 44.7 Å². The van der Waals surface area contributed by atoms with Crippen LogP contribution in [0.3, 0.4) is 0 Å². The number of amides is 2. The summed E-state index contributed by atoms with van der Waals surface area (Å²) in [5, 5.41) is 2.87. The first kappa shape index (κ1) is 13.9. The molecule has 21 heavy (non-hydrogen) atoms. The second-order valence-corrected chi connectivity index (χ2v) is 5.27. The van der Waals surface area contributed by atoms with Gasteiger partial charge >= 0.3 is 0 Å². The molecule has 0 spiro atoms. The third kappa shape index (κ3) is 2.85.